The lowest BCUT2D eigenvalue weighted by Gasteiger charge is -2.48. The van der Waals surface area contributed by atoms with Crippen molar-refractivity contribution in [2.24, 2.45) is 0 Å². The largest absolute Gasteiger partial charge is 0.505 e. The summed E-state index contributed by atoms with van der Waals surface area (Å²) in [6.07, 6.45) is 0.217. The fraction of sp³-hybridized carbons (Fsp3) is 0.273. The fourth-order valence-corrected chi connectivity index (χ4v) is 24.7. The summed E-state index contributed by atoms with van der Waals surface area (Å²) < 4.78 is 45.9. The number of nitrogens with zero attached hydrogens (tertiary/aromatic N) is 3. The molecule has 141 heavy (non-hydrogen) atoms. The Balaban J connectivity index is 0.000000142. The summed E-state index contributed by atoms with van der Waals surface area (Å²) >= 11 is 7.32. The lowest BCUT2D eigenvalue weighted by atomic mass is 8.34. The number of ether oxygens (including phenoxy) is 2. The van der Waals surface area contributed by atoms with Crippen LogP contribution in [0.25, 0.3) is 105 Å². The highest BCUT2D eigenvalue weighted by Gasteiger charge is 2.73. The van der Waals surface area contributed by atoms with Crippen LogP contribution in [-0.4, -0.2) is 276 Å². The normalized spacial score (nSPS) is 18.6. The second-order valence-electron chi connectivity index (χ2n) is 39.7. The molecule has 12 aromatic carbocycles. The minimum atomic E-state index is -1.02. The van der Waals surface area contributed by atoms with Gasteiger partial charge in [-0.3, -0.25) is 0 Å². The fourth-order valence-electron chi connectivity index (χ4n) is 22.0. The zero-order valence-corrected chi connectivity index (χ0v) is 84.6. The van der Waals surface area contributed by atoms with Gasteiger partial charge in [0.15, 0.2) is 0 Å². The predicted molar refractivity (Wildman–Crippen MR) is 630 cm³/mol. The molecule has 15 aromatic rings. The van der Waals surface area contributed by atoms with E-state index >= 15 is 0 Å². The summed E-state index contributed by atoms with van der Waals surface area (Å²) in [5.41, 5.74) is 17.1. The number of phenols is 2. The van der Waals surface area contributed by atoms with Gasteiger partial charge in [0, 0.05) is 279 Å². The third kappa shape index (κ3) is 22.1. The Morgan fingerprint density at radius 1 is 0.376 bits per heavy atom. The molecule has 20 rings (SSSR count). The number of aryl methyl sites for hydroxylation is 3. The number of hydrogen-bond donors (Lipinski definition) is 2. The van der Waals surface area contributed by atoms with Gasteiger partial charge >= 0.3 is 14.2 Å². The summed E-state index contributed by atoms with van der Waals surface area (Å²) in [6.45, 7) is 16.4. The van der Waals surface area contributed by atoms with Gasteiger partial charge in [-0.15, -0.1) is 23.5 Å². The maximum Gasteiger partial charge on any atom is 0.496 e. The van der Waals surface area contributed by atoms with E-state index in [2.05, 4.69) is 290 Å². The number of aromatic hydroxyl groups is 2. The van der Waals surface area contributed by atoms with Crippen molar-refractivity contribution in [1.82, 2.24) is 13.7 Å². The van der Waals surface area contributed by atoms with Crippen LogP contribution in [-0.2, 0) is 23.4 Å². The Bertz CT molecular complexity index is 6500. The van der Waals surface area contributed by atoms with Crippen LogP contribution in [0.5, 0.6) is 17.2 Å². The molecular formula is C99H96B28BrN3O8S2. The molecule has 3 saturated carbocycles. The van der Waals surface area contributed by atoms with E-state index in [1.165, 1.54) is 56.3 Å². The smallest absolute Gasteiger partial charge is 0.496 e. The zero-order chi connectivity index (χ0) is 99.7. The van der Waals surface area contributed by atoms with Crippen LogP contribution in [0.4, 0.5) is 0 Å². The molecule has 0 amide bonds. The zero-order valence-electron chi connectivity index (χ0n) is 81.4. The third-order valence-electron chi connectivity index (χ3n) is 29.5. The molecule has 6 unspecified atom stereocenters. The van der Waals surface area contributed by atoms with Crippen molar-refractivity contribution in [2.45, 2.75) is 157 Å². The first-order chi connectivity index (χ1) is 67.7. The number of thioether (sulfide) groups is 2. The number of benzene rings is 12. The summed E-state index contributed by atoms with van der Waals surface area (Å²) in [7, 11) is 82.5. The number of unbranched alkanes of at least 4 members (excludes halogenated alkanes) is 2. The molecule has 5 aliphatic rings. The van der Waals surface area contributed by atoms with Crippen molar-refractivity contribution in [3.8, 4) is 56.6 Å². The van der Waals surface area contributed by atoms with E-state index in [1.807, 2.05) is 72.1 Å². The first-order valence-corrected chi connectivity index (χ1v) is 51.9. The van der Waals surface area contributed by atoms with Crippen molar-refractivity contribution in [1.29, 1.82) is 0 Å². The lowest BCUT2D eigenvalue weighted by molar-refractivity contribution is 0.0170. The van der Waals surface area contributed by atoms with Gasteiger partial charge in [-0.1, -0.05) is 193 Å². The van der Waals surface area contributed by atoms with Crippen LogP contribution in [0.1, 0.15) is 109 Å². The first kappa shape index (κ1) is 105. The minimum Gasteiger partial charge on any atom is -0.505 e. The number of aromatic nitrogens is 3. The number of phenolic OH excluding ortho intramolecular Hbond substituents is 2. The lowest BCUT2D eigenvalue weighted by Crippen LogP contribution is -2.86. The van der Waals surface area contributed by atoms with Gasteiger partial charge < -0.3 is 52.0 Å². The van der Waals surface area contributed by atoms with Gasteiger partial charge in [0.25, 0.3) is 0 Å². The highest BCUT2D eigenvalue weighted by Crippen LogP contribution is 2.61. The van der Waals surface area contributed by atoms with E-state index in [4.69, 9.17) is 136 Å². The first-order valence-electron chi connectivity index (χ1n) is 49.2. The highest BCUT2D eigenvalue weighted by molar-refractivity contribution is 9.10. The van der Waals surface area contributed by atoms with Crippen molar-refractivity contribution in [2.75, 3.05) is 24.7 Å². The maximum atomic E-state index is 12.1. The molecule has 2 N–H and O–H groups in total. The van der Waals surface area contributed by atoms with Crippen LogP contribution in [0.2, 0.25) is 5.82 Å². The molecule has 658 valence electrons. The molecule has 5 heterocycles. The quantitative estimate of drug-likeness (QED) is 0.0240. The third-order valence-corrected chi connectivity index (χ3v) is 32.3. The van der Waals surface area contributed by atoms with Crippen LogP contribution < -0.4 is 10.2 Å². The Morgan fingerprint density at radius 2 is 0.738 bits per heavy atom. The SMILES string of the molecule is CC12CC1(C)OB(c1ccccc1SCCCCOC1CCCCC1B1OC3(C)CC3(C)O1)O2.Cc1cc(-c2ccccc2OCCCCSc2ccccc2-c2cc(C)cc(-n3c4ccccc4c4ccccc43)c2O)c(O)c(-n2c3ccccc3c3ccccc32)c1.Cc1cc(Br)cc(-n2c3ccccc3c3ccccc32)c1.[B]B([B])B(B([B])[B])B(B([B])[B])B(B(B([B])[B])B([B])[B])B(B([B])[B])B([B])[B]. The van der Waals surface area contributed by atoms with E-state index in [0.717, 1.165) is 173 Å². The average molecular weight is 1900 g/mol. The van der Waals surface area contributed by atoms with Gasteiger partial charge in [-0.05, 0) is 223 Å². The van der Waals surface area contributed by atoms with E-state index in [-0.39, 0.29) is 54.2 Å². The van der Waals surface area contributed by atoms with Gasteiger partial charge in [-0.2, -0.15) is 0 Å². The molecule has 6 atom stereocenters. The molecule has 5 fully saturated rings. The summed E-state index contributed by atoms with van der Waals surface area (Å²) in [5.74, 6) is 3.58. The number of fused-ring (bicyclic) bond motifs is 11. The van der Waals surface area contributed by atoms with Gasteiger partial charge in [0.2, 0.25) is 0 Å². The van der Waals surface area contributed by atoms with Crippen molar-refractivity contribution < 1.29 is 38.3 Å². The molecule has 11 nitrogen and oxygen atoms in total. The van der Waals surface area contributed by atoms with Gasteiger partial charge in [0.1, 0.15) is 17.2 Å². The molecule has 0 bridgehead atoms. The molecule has 2 saturated heterocycles. The second-order valence-corrected chi connectivity index (χ2v) is 42.9. The molecule has 42 heteroatoms. The number of rotatable bonds is 32. The van der Waals surface area contributed by atoms with Crippen LogP contribution >= 0.6 is 39.5 Å². The molecule has 28 radical (unpaired) electrons. The van der Waals surface area contributed by atoms with Gasteiger partial charge in [-0.25, -0.2) is 0 Å². The Hall–Kier alpha value is -7.76. The van der Waals surface area contributed by atoms with Crippen LogP contribution in [0.3, 0.4) is 0 Å². The topological polar surface area (TPSA) is 111 Å². The molecule has 3 aromatic heterocycles. The molecular weight excluding hydrogens is 1810 g/mol. The van der Waals surface area contributed by atoms with Crippen molar-refractivity contribution >= 4 is 310 Å². The molecule has 2 aliphatic heterocycles. The molecule has 0 spiro atoms. The van der Waals surface area contributed by atoms with Gasteiger partial charge in [0.05, 0.1) is 79.6 Å². The predicted octanol–water partition coefficient (Wildman–Crippen LogP) is 15.2. The van der Waals surface area contributed by atoms with E-state index < -0.39 is 76.6 Å². The average Bonchev–Trinajstić information content (AvgIpc) is 1.53. The van der Waals surface area contributed by atoms with Crippen LogP contribution in [0.15, 0.2) is 275 Å². The Morgan fingerprint density at radius 3 is 1.19 bits per heavy atom. The summed E-state index contributed by atoms with van der Waals surface area (Å²) in [5, 5.41) is 31.3. The maximum absolute atomic E-state index is 12.1. The second kappa shape index (κ2) is 44.9. The number of halogens is 1. The van der Waals surface area contributed by atoms with Crippen molar-refractivity contribution in [3.05, 3.63) is 282 Å². The summed E-state index contributed by atoms with van der Waals surface area (Å²) in [4.78, 5) is 2.40. The van der Waals surface area contributed by atoms with Crippen LogP contribution in [0, 0.1) is 20.8 Å². The Kier molecular flexibility index (Phi) is 33.3. The number of hydrogen-bond acceptors (Lipinski definition) is 10. The van der Waals surface area contributed by atoms with E-state index in [1.54, 1.807) is 0 Å². The van der Waals surface area contributed by atoms with E-state index in [9.17, 15) is 10.2 Å². The minimum absolute atomic E-state index is 0.0718. The van der Waals surface area contributed by atoms with Crippen molar-refractivity contribution in [3.63, 3.8) is 0 Å². The van der Waals surface area contributed by atoms with E-state index in [0.29, 0.717) is 12.4 Å². The summed E-state index contributed by atoms with van der Waals surface area (Å²) in [6, 6.07) is 90.4. The number of para-hydroxylation sites is 7. The monoisotopic (exact) mass is 1910 g/mol. The Labute approximate surface area is 874 Å². The standard InChI is InChI=1S/C54H44N2O3S.C26H38B2O5S.C19H14BrN.B26/c1-35-31-43(53(57)49(33-35)55-45-23-9-3-17-37(45)38-18-4-10-24-46(38)55)41-21-7-13-27-51(41)59-29-15-16-30-60-52-28-14-8-22-42(52)44-32-36(2)34-50(54(44)58)56-47-25-11-5-19-39(47)40-20-6-12-26-48(40)56;1-23-17-24(23,2)31-27(30-23)19-11-5-7-13-21(19)29-15-9-10-16-34-22-14-8-6-12-20(22)28-32-25(3)18-26(25,4)33-28;1-13-10-14(20)12-15(11-13)21-18-8-4-2-6-16(18)17-7-3-5-9-19(17)21;1-15(2)22(16(3)4)25(21(13)14)26(23(17(5)6)18(7)8)24(19(9)10)20(11)12/h3-14,17-28,31-34,57-58H,15-16,29-30H2,1-2H3;6,8,12,14,19,21H,5,7,9-11,13,15-18H2,1-4H3;2-12H,1H3;. The highest BCUT2D eigenvalue weighted by atomic mass is 79.9. The molecule has 3 aliphatic carbocycles.